The van der Waals surface area contributed by atoms with Crippen molar-refractivity contribution in [3.8, 4) is 0 Å². The van der Waals surface area contributed by atoms with Gasteiger partial charge in [-0.05, 0) is 30.7 Å². The van der Waals surface area contributed by atoms with Crippen molar-refractivity contribution in [3.63, 3.8) is 0 Å². The molecule has 2 unspecified atom stereocenters. The third kappa shape index (κ3) is 4.31. The summed E-state index contributed by atoms with van der Waals surface area (Å²) in [6.07, 6.45) is 2.68. The minimum Gasteiger partial charge on any atom is -0.481 e. The number of thiophene rings is 1. The molecule has 1 aromatic heterocycles. The predicted octanol–water partition coefficient (Wildman–Crippen LogP) is 1.97. The molecule has 6 nitrogen and oxygen atoms in total. The van der Waals surface area contributed by atoms with Gasteiger partial charge < -0.3 is 15.3 Å². The Balaban J connectivity index is 1.95. The van der Waals surface area contributed by atoms with Crippen LogP contribution in [0.5, 0.6) is 0 Å². The van der Waals surface area contributed by atoms with E-state index in [-0.39, 0.29) is 18.4 Å². The molecule has 1 fully saturated rings. The average Bonchev–Trinajstić information content (AvgIpc) is 3.21. The number of carboxylic acids is 1. The Hall–Kier alpha value is -1.89. The number of carbonyl (C=O) groups is 3. The van der Waals surface area contributed by atoms with Gasteiger partial charge in [0, 0.05) is 13.1 Å². The first kappa shape index (κ1) is 17.5. The van der Waals surface area contributed by atoms with Gasteiger partial charge >= 0.3 is 5.97 Å². The summed E-state index contributed by atoms with van der Waals surface area (Å²) in [5, 5.41) is 13.7. The second-order valence-electron chi connectivity index (χ2n) is 5.70. The zero-order valence-corrected chi connectivity index (χ0v) is 14.0. The van der Waals surface area contributed by atoms with Crippen LogP contribution in [0, 0.1) is 5.92 Å². The number of amides is 2. The molecule has 2 amide bonds. The van der Waals surface area contributed by atoms with Crippen LogP contribution in [0.25, 0.3) is 0 Å². The fraction of sp³-hybridized carbons (Fsp3) is 0.562. The number of aliphatic carboxylic acids is 1. The Kier molecular flexibility index (Phi) is 6.15. The number of carboxylic acid groups (broad SMARTS) is 1. The van der Waals surface area contributed by atoms with Crippen LogP contribution in [0.2, 0.25) is 0 Å². The molecule has 1 saturated heterocycles. The molecule has 7 heteroatoms. The van der Waals surface area contributed by atoms with Crippen LogP contribution < -0.4 is 5.32 Å². The summed E-state index contributed by atoms with van der Waals surface area (Å²) in [4.78, 5) is 38.2. The SMILES string of the molecule is CCCC(CNC(=O)C1CCCN1C(=O)c1cccs1)C(=O)O. The van der Waals surface area contributed by atoms with E-state index in [1.807, 2.05) is 18.4 Å². The Morgan fingerprint density at radius 1 is 1.48 bits per heavy atom. The van der Waals surface area contributed by atoms with Crippen LogP contribution in [0.3, 0.4) is 0 Å². The Bertz CT molecular complexity index is 558. The minimum atomic E-state index is -0.898. The molecule has 1 aliphatic heterocycles. The molecule has 0 aliphatic carbocycles. The Morgan fingerprint density at radius 3 is 2.87 bits per heavy atom. The maximum Gasteiger partial charge on any atom is 0.308 e. The molecular formula is C16H22N2O4S. The first-order valence-corrected chi connectivity index (χ1v) is 8.77. The van der Waals surface area contributed by atoms with Crippen molar-refractivity contribution in [1.29, 1.82) is 0 Å². The van der Waals surface area contributed by atoms with Gasteiger partial charge in [0.1, 0.15) is 6.04 Å². The van der Waals surface area contributed by atoms with Gasteiger partial charge in [0.25, 0.3) is 5.91 Å². The summed E-state index contributed by atoms with van der Waals surface area (Å²) < 4.78 is 0. The zero-order chi connectivity index (χ0) is 16.8. The molecule has 0 bridgehead atoms. The lowest BCUT2D eigenvalue weighted by atomic mass is 10.0. The molecule has 2 N–H and O–H groups in total. The fourth-order valence-electron chi connectivity index (χ4n) is 2.83. The van der Waals surface area contributed by atoms with Crippen molar-refractivity contribution in [2.24, 2.45) is 5.92 Å². The van der Waals surface area contributed by atoms with Gasteiger partial charge in [-0.2, -0.15) is 0 Å². The Morgan fingerprint density at radius 2 is 2.26 bits per heavy atom. The maximum absolute atomic E-state index is 12.4. The van der Waals surface area contributed by atoms with E-state index >= 15 is 0 Å². The van der Waals surface area contributed by atoms with Crippen LogP contribution in [0.1, 0.15) is 42.3 Å². The van der Waals surface area contributed by atoms with Crippen LogP contribution in [0.4, 0.5) is 0 Å². The number of hydrogen-bond acceptors (Lipinski definition) is 4. The van der Waals surface area contributed by atoms with E-state index in [0.717, 1.165) is 12.8 Å². The molecule has 0 radical (unpaired) electrons. The fourth-order valence-corrected chi connectivity index (χ4v) is 3.51. The van der Waals surface area contributed by atoms with E-state index in [1.54, 1.807) is 11.0 Å². The van der Waals surface area contributed by atoms with Crippen LogP contribution >= 0.6 is 11.3 Å². The summed E-state index contributed by atoms with van der Waals surface area (Å²) >= 11 is 1.36. The molecule has 2 rings (SSSR count). The zero-order valence-electron chi connectivity index (χ0n) is 13.2. The van der Waals surface area contributed by atoms with E-state index in [2.05, 4.69) is 5.32 Å². The van der Waals surface area contributed by atoms with E-state index in [1.165, 1.54) is 11.3 Å². The van der Waals surface area contributed by atoms with Crippen LogP contribution in [-0.4, -0.2) is 46.9 Å². The quantitative estimate of drug-likeness (QED) is 0.796. The van der Waals surface area contributed by atoms with Gasteiger partial charge in [-0.3, -0.25) is 14.4 Å². The summed E-state index contributed by atoms with van der Waals surface area (Å²) in [6.45, 7) is 2.59. The van der Waals surface area contributed by atoms with Gasteiger partial charge in [0.2, 0.25) is 5.91 Å². The first-order chi connectivity index (χ1) is 11.0. The third-order valence-electron chi connectivity index (χ3n) is 4.06. The molecule has 0 saturated carbocycles. The highest BCUT2D eigenvalue weighted by atomic mass is 32.1. The van der Waals surface area contributed by atoms with E-state index in [0.29, 0.717) is 24.3 Å². The molecule has 0 aromatic carbocycles. The average molecular weight is 338 g/mol. The molecule has 2 atom stereocenters. The second kappa shape index (κ2) is 8.10. The lowest BCUT2D eigenvalue weighted by molar-refractivity contribution is -0.142. The monoisotopic (exact) mass is 338 g/mol. The van der Waals surface area contributed by atoms with Crippen LogP contribution in [-0.2, 0) is 9.59 Å². The largest absolute Gasteiger partial charge is 0.481 e. The third-order valence-corrected chi connectivity index (χ3v) is 4.92. The normalized spacial score (nSPS) is 18.7. The molecular weight excluding hydrogens is 316 g/mol. The topological polar surface area (TPSA) is 86.7 Å². The van der Waals surface area contributed by atoms with Crippen molar-refractivity contribution >= 4 is 29.1 Å². The molecule has 23 heavy (non-hydrogen) atoms. The molecule has 2 heterocycles. The summed E-state index contributed by atoms with van der Waals surface area (Å²) in [5.74, 6) is -1.85. The van der Waals surface area contributed by atoms with Gasteiger partial charge in [-0.25, -0.2) is 0 Å². The lowest BCUT2D eigenvalue weighted by Crippen LogP contribution is -2.47. The highest BCUT2D eigenvalue weighted by Crippen LogP contribution is 2.22. The van der Waals surface area contributed by atoms with Crippen molar-refractivity contribution in [3.05, 3.63) is 22.4 Å². The van der Waals surface area contributed by atoms with Crippen LogP contribution in [0.15, 0.2) is 17.5 Å². The standard InChI is InChI=1S/C16H22N2O4S/c1-2-5-11(16(21)22)10-17-14(19)12-6-3-8-18(12)15(20)13-7-4-9-23-13/h4,7,9,11-12H,2-3,5-6,8,10H2,1H3,(H,17,19)(H,21,22). The van der Waals surface area contributed by atoms with Gasteiger partial charge in [-0.1, -0.05) is 19.4 Å². The lowest BCUT2D eigenvalue weighted by Gasteiger charge is -2.24. The van der Waals surface area contributed by atoms with Crippen molar-refractivity contribution in [2.45, 2.75) is 38.6 Å². The molecule has 1 aromatic rings. The van der Waals surface area contributed by atoms with E-state index in [9.17, 15) is 14.4 Å². The molecule has 126 valence electrons. The van der Waals surface area contributed by atoms with Gasteiger partial charge in [-0.15, -0.1) is 11.3 Å². The van der Waals surface area contributed by atoms with Crippen molar-refractivity contribution < 1.29 is 19.5 Å². The van der Waals surface area contributed by atoms with E-state index in [4.69, 9.17) is 5.11 Å². The Labute approximate surface area is 139 Å². The second-order valence-corrected chi connectivity index (χ2v) is 6.65. The predicted molar refractivity (Wildman–Crippen MR) is 87.4 cm³/mol. The summed E-state index contributed by atoms with van der Waals surface area (Å²) in [7, 11) is 0. The van der Waals surface area contributed by atoms with Gasteiger partial charge in [0.05, 0.1) is 10.8 Å². The highest BCUT2D eigenvalue weighted by molar-refractivity contribution is 7.12. The number of nitrogens with one attached hydrogen (secondary N) is 1. The summed E-state index contributed by atoms with van der Waals surface area (Å²) in [6, 6.07) is 3.06. The maximum atomic E-state index is 12.4. The number of hydrogen-bond donors (Lipinski definition) is 2. The molecule has 1 aliphatic rings. The van der Waals surface area contributed by atoms with E-state index < -0.39 is 17.9 Å². The number of rotatable bonds is 7. The summed E-state index contributed by atoms with van der Waals surface area (Å²) in [5.41, 5.74) is 0. The smallest absolute Gasteiger partial charge is 0.308 e. The van der Waals surface area contributed by atoms with Crippen molar-refractivity contribution in [1.82, 2.24) is 10.2 Å². The minimum absolute atomic E-state index is 0.111. The number of likely N-dealkylation sites (tertiary alicyclic amines) is 1. The number of carbonyl (C=O) groups excluding carboxylic acids is 2. The number of nitrogens with zero attached hydrogens (tertiary/aromatic N) is 1. The van der Waals surface area contributed by atoms with Crippen molar-refractivity contribution in [2.75, 3.05) is 13.1 Å². The van der Waals surface area contributed by atoms with Gasteiger partial charge in [0.15, 0.2) is 0 Å². The first-order valence-electron chi connectivity index (χ1n) is 7.89. The highest BCUT2D eigenvalue weighted by Gasteiger charge is 2.35. The molecule has 0 spiro atoms.